The van der Waals surface area contributed by atoms with Gasteiger partial charge in [0.25, 0.3) is 0 Å². The minimum atomic E-state index is 0.496. The fourth-order valence-electron chi connectivity index (χ4n) is 4.04. The van der Waals surface area contributed by atoms with E-state index in [1.165, 1.54) is 25.9 Å². The Hall–Kier alpha value is -0.520. The number of hydrogen-bond donors (Lipinski definition) is 0. The standard InChI is InChI=1S/C18H32N2/c1-6-19(7-2)12-8-9-13-20-14-16-10-11-18(5,15-20)17(16,3)4/h16H,6-7,10-15H2,1-5H3. The van der Waals surface area contributed by atoms with Gasteiger partial charge in [0.1, 0.15) is 0 Å². The average Bonchev–Trinajstić information content (AvgIpc) is 2.57. The van der Waals surface area contributed by atoms with Crippen molar-refractivity contribution >= 4 is 0 Å². The van der Waals surface area contributed by atoms with E-state index in [4.69, 9.17) is 0 Å². The Labute approximate surface area is 125 Å². The van der Waals surface area contributed by atoms with Crippen molar-refractivity contribution < 1.29 is 0 Å². The number of likely N-dealkylation sites (tertiary alicyclic amines) is 1. The van der Waals surface area contributed by atoms with Crippen LogP contribution in [0.25, 0.3) is 0 Å². The van der Waals surface area contributed by atoms with Crippen molar-refractivity contribution in [3.05, 3.63) is 0 Å². The second-order valence-electron chi connectivity index (χ2n) is 7.50. The fraction of sp³-hybridized carbons (Fsp3) is 0.889. The first-order valence-corrected chi connectivity index (χ1v) is 8.33. The molecular weight excluding hydrogens is 244 g/mol. The predicted molar refractivity (Wildman–Crippen MR) is 86.6 cm³/mol. The minimum absolute atomic E-state index is 0.496. The van der Waals surface area contributed by atoms with E-state index in [0.29, 0.717) is 10.8 Å². The highest BCUT2D eigenvalue weighted by Crippen LogP contribution is 2.58. The minimum Gasteiger partial charge on any atom is -0.293 e. The molecule has 2 aliphatic rings. The number of hydrogen-bond acceptors (Lipinski definition) is 2. The molecule has 2 atom stereocenters. The molecule has 2 rings (SSSR count). The maximum Gasteiger partial charge on any atom is 0.0602 e. The summed E-state index contributed by atoms with van der Waals surface area (Å²) < 4.78 is 0. The summed E-state index contributed by atoms with van der Waals surface area (Å²) in [5.74, 6) is 7.62. The summed E-state index contributed by atoms with van der Waals surface area (Å²) >= 11 is 0. The molecule has 0 aromatic carbocycles. The van der Waals surface area contributed by atoms with E-state index in [9.17, 15) is 0 Å². The molecule has 2 nitrogen and oxygen atoms in total. The summed E-state index contributed by atoms with van der Waals surface area (Å²) in [5.41, 5.74) is 1.01. The van der Waals surface area contributed by atoms with Gasteiger partial charge in [0.05, 0.1) is 13.1 Å². The first-order chi connectivity index (χ1) is 9.43. The zero-order valence-electron chi connectivity index (χ0n) is 14.1. The van der Waals surface area contributed by atoms with Gasteiger partial charge in [-0.15, -0.1) is 0 Å². The Morgan fingerprint density at radius 3 is 2.45 bits per heavy atom. The number of piperidine rings is 1. The van der Waals surface area contributed by atoms with Crippen LogP contribution in [0.15, 0.2) is 0 Å². The lowest BCUT2D eigenvalue weighted by molar-refractivity contribution is -0.0118. The van der Waals surface area contributed by atoms with Gasteiger partial charge in [-0.2, -0.15) is 0 Å². The smallest absolute Gasteiger partial charge is 0.0602 e. The quantitative estimate of drug-likeness (QED) is 0.728. The molecule has 2 unspecified atom stereocenters. The predicted octanol–water partition coefficient (Wildman–Crippen LogP) is 3.09. The molecule has 1 saturated heterocycles. The van der Waals surface area contributed by atoms with Crippen molar-refractivity contribution in [1.82, 2.24) is 9.80 Å². The van der Waals surface area contributed by atoms with Crippen molar-refractivity contribution in [3.8, 4) is 11.8 Å². The lowest BCUT2D eigenvalue weighted by Gasteiger charge is -2.50. The topological polar surface area (TPSA) is 6.48 Å². The number of rotatable bonds is 4. The van der Waals surface area contributed by atoms with Gasteiger partial charge in [-0.25, -0.2) is 0 Å². The van der Waals surface area contributed by atoms with Crippen LogP contribution in [-0.4, -0.2) is 49.1 Å². The van der Waals surface area contributed by atoms with Gasteiger partial charge < -0.3 is 0 Å². The van der Waals surface area contributed by atoms with Crippen LogP contribution >= 0.6 is 0 Å². The molecular formula is C18H32N2. The zero-order chi connectivity index (χ0) is 14.8. The monoisotopic (exact) mass is 276 g/mol. The SMILES string of the molecule is CCN(CC)CC#CCN1CC2CCC(C)(C1)C2(C)C. The van der Waals surface area contributed by atoms with Crippen molar-refractivity contribution in [1.29, 1.82) is 0 Å². The maximum atomic E-state index is 3.40. The Morgan fingerprint density at radius 2 is 1.85 bits per heavy atom. The molecule has 2 bridgehead atoms. The van der Waals surface area contributed by atoms with Crippen molar-refractivity contribution in [3.63, 3.8) is 0 Å². The van der Waals surface area contributed by atoms with Crippen LogP contribution in [0.4, 0.5) is 0 Å². The molecule has 1 saturated carbocycles. The van der Waals surface area contributed by atoms with Gasteiger partial charge in [-0.3, -0.25) is 9.80 Å². The fourth-order valence-corrected chi connectivity index (χ4v) is 4.04. The maximum absolute atomic E-state index is 3.40. The van der Waals surface area contributed by atoms with Gasteiger partial charge in [0, 0.05) is 13.1 Å². The summed E-state index contributed by atoms with van der Waals surface area (Å²) in [6.07, 6.45) is 2.81. The molecule has 1 aliphatic carbocycles. The molecule has 0 amide bonds. The Balaban J connectivity index is 1.87. The highest BCUT2D eigenvalue weighted by atomic mass is 15.2. The zero-order valence-corrected chi connectivity index (χ0v) is 14.1. The third-order valence-electron chi connectivity index (χ3n) is 6.30. The molecule has 1 aliphatic heterocycles. The van der Waals surface area contributed by atoms with Crippen molar-refractivity contribution in [2.45, 2.75) is 47.5 Å². The molecule has 1 heterocycles. The first kappa shape index (κ1) is 15.9. The normalized spacial score (nSPS) is 32.2. The molecule has 0 spiro atoms. The van der Waals surface area contributed by atoms with Gasteiger partial charge >= 0.3 is 0 Å². The highest BCUT2D eigenvalue weighted by molar-refractivity contribution is 5.09. The van der Waals surface area contributed by atoms with E-state index in [1.807, 2.05) is 0 Å². The van der Waals surface area contributed by atoms with Gasteiger partial charge in [0.2, 0.25) is 0 Å². The molecule has 2 heteroatoms. The lowest BCUT2D eigenvalue weighted by Crippen LogP contribution is -2.52. The molecule has 2 fully saturated rings. The summed E-state index contributed by atoms with van der Waals surface area (Å²) in [4.78, 5) is 4.97. The largest absolute Gasteiger partial charge is 0.293 e. The Morgan fingerprint density at radius 1 is 1.15 bits per heavy atom. The van der Waals surface area contributed by atoms with Crippen LogP contribution in [0.2, 0.25) is 0 Å². The van der Waals surface area contributed by atoms with E-state index in [2.05, 4.69) is 56.3 Å². The third kappa shape index (κ3) is 2.90. The van der Waals surface area contributed by atoms with Crippen LogP contribution in [0.3, 0.4) is 0 Å². The van der Waals surface area contributed by atoms with E-state index < -0.39 is 0 Å². The van der Waals surface area contributed by atoms with E-state index >= 15 is 0 Å². The second kappa shape index (κ2) is 6.08. The molecule has 0 radical (unpaired) electrons. The average molecular weight is 276 g/mol. The van der Waals surface area contributed by atoms with Gasteiger partial charge in [-0.1, -0.05) is 46.5 Å². The van der Waals surface area contributed by atoms with Crippen LogP contribution in [0, 0.1) is 28.6 Å². The molecule has 0 aromatic rings. The molecule has 114 valence electrons. The van der Waals surface area contributed by atoms with Gasteiger partial charge in [0.15, 0.2) is 0 Å². The van der Waals surface area contributed by atoms with Crippen LogP contribution in [-0.2, 0) is 0 Å². The molecule has 0 N–H and O–H groups in total. The van der Waals surface area contributed by atoms with Crippen LogP contribution in [0.5, 0.6) is 0 Å². The summed E-state index contributed by atoms with van der Waals surface area (Å²) in [6, 6.07) is 0. The highest BCUT2D eigenvalue weighted by Gasteiger charge is 2.55. The van der Waals surface area contributed by atoms with E-state index in [0.717, 1.165) is 32.1 Å². The number of fused-ring (bicyclic) bond motifs is 2. The first-order valence-electron chi connectivity index (χ1n) is 8.33. The lowest BCUT2D eigenvalue weighted by atomic mass is 9.63. The van der Waals surface area contributed by atoms with Crippen molar-refractivity contribution in [2.24, 2.45) is 16.7 Å². The molecule has 20 heavy (non-hydrogen) atoms. The molecule has 0 aromatic heterocycles. The van der Waals surface area contributed by atoms with Crippen LogP contribution in [0.1, 0.15) is 47.5 Å². The van der Waals surface area contributed by atoms with Gasteiger partial charge in [-0.05, 0) is 42.7 Å². The van der Waals surface area contributed by atoms with Crippen molar-refractivity contribution in [2.75, 3.05) is 39.3 Å². The Bertz CT molecular complexity index is 386. The third-order valence-corrected chi connectivity index (χ3v) is 6.30. The summed E-state index contributed by atoms with van der Waals surface area (Å²) in [6.45, 7) is 18.4. The summed E-state index contributed by atoms with van der Waals surface area (Å²) in [5, 5.41) is 0. The number of nitrogens with zero attached hydrogens (tertiary/aromatic N) is 2. The van der Waals surface area contributed by atoms with Crippen LogP contribution < -0.4 is 0 Å². The van der Waals surface area contributed by atoms with E-state index in [-0.39, 0.29) is 0 Å². The van der Waals surface area contributed by atoms with E-state index in [1.54, 1.807) is 0 Å². The summed E-state index contributed by atoms with van der Waals surface area (Å²) in [7, 11) is 0. The second-order valence-corrected chi connectivity index (χ2v) is 7.50. The Kier molecular flexibility index (Phi) is 4.82.